The second-order valence-corrected chi connectivity index (χ2v) is 4.58. The molecule has 1 aliphatic rings. The van der Waals surface area contributed by atoms with Crippen LogP contribution in [0.25, 0.3) is 0 Å². The third-order valence-corrected chi connectivity index (χ3v) is 3.38. The fraction of sp³-hybridized carbons (Fsp3) is 0.462. The molecule has 1 fully saturated rings. The van der Waals surface area contributed by atoms with Crippen molar-refractivity contribution in [2.24, 2.45) is 5.92 Å². The first-order valence-electron chi connectivity index (χ1n) is 5.93. The van der Waals surface area contributed by atoms with Crippen LogP contribution in [-0.4, -0.2) is 19.3 Å². The van der Waals surface area contributed by atoms with Gasteiger partial charge in [0, 0.05) is 13.1 Å². The Hall–Kier alpha value is -1.77. The van der Waals surface area contributed by atoms with Crippen LogP contribution >= 0.6 is 0 Å². The summed E-state index contributed by atoms with van der Waals surface area (Å²) < 4.78 is 51.3. The van der Waals surface area contributed by atoms with Crippen molar-refractivity contribution in [2.75, 3.05) is 18.0 Å². The van der Waals surface area contributed by atoms with Gasteiger partial charge in [0.2, 0.25) is 0 Å². The zero-order valence-corrected chi connectivity index (χ0v) is 10.0. The molecular formula is C13H12F4N2. The molecule has 1 aliphatic heterocycles. The number of hydrogen-bond acceptors (Lipinski definition) is 2. The first kappa shape index (κ1) is 13.7. The van der Waals surface area contributed by atoms with E-state index in [2.05, 4.69) is 0 Å². The number of alkyl halides is 3. The van der Waals surface area contributed by atoms with Crippen LogP contribution in [0.4, 0.5) is 23.2 Å². The highest BCUT2D eigenvalue weighted by atomic mass is 19.4. The van der Waals surface area contributed by atoms with Crippen molar-refractivity contribution in [3.8, 4) is 6.07 Å². The topological polar surface area (TPSA) is 27.0 Å². The average Bonchev–Trinajstić information content (AvgIpc) is 2.37. The van der Waals surface area contributed by atoms with E-state index in [1.165, 1.54) is 12.1 Å². The van der Waals surface area contributed by atoms with Crippen LogP contribution in [0.5, 0.6) is 0 Å². The standard InChI is InChI=1S/C13H12F4N2/c14-11-7-9(8-18)1-2-12(11)19-5-3-10(4-6-19)13(15,16)17/h1-2,7,10H,3-6H2. The van der Waals surface area contributed by atoms with Gasteiger partial charge in [0.15, 0.2) is 0 Å². The molecule has 0 radical (unpaired) electrons. The fourth-order valence-electron chi connectivity index (χ4n) is 2.28. The number of rotatable bonds is 1. The van der Waals surface area contributed by atoms with Crippen LogP contribution in [0.2, 0.25) is 0 Å². The monoisotopic (exact) mass is 272 g/mol. The molecule has 19 heavy (non-hydrogen) atoms. The minimum absolute atomic E-state index is 0.0249. The van der Waals surface area contributed by atoms with Crippen LogP contribution < -0.4 is 4.90 Å². The fourth-order valence-corrected chi connectivity index (χ4v) is 2.28. The molecule has 0 spiro atoms. The summed E-state index contributed by atoms with van der Waals surface area (Å²) in [4.78, 5) is 1.60. The molecule has 0 aliphatic carbocycles. The highest BCUT2D eigenvalue weighted by Crippen LogP contribution is 2.35. The van der Waals surface area contributed by atoms with Crippen LogP contribution in [-0.2, 0) is 0 Å². The van der Waals surface area contributed by atoms with E-state index in [9.17, 15) is 17.6 Å². The highest BCUT2D eigenvalue weighted by Gasteiger charge is 2.41. The third-order valence-electron chi connectivity index (χ3n) is 3.38. The van der Waals surface area contributed by atoms with E-state index < -0.39 is 17.9 Å². The average molecular weight is 272 g/mol. The Bertz CT molecular complexity index is 496. The van der Waals surface area contributed by atoms with Crippen LogP contribution in [0.1, 0.15) is 18.4 Å². The quantitative estimate of drug-likeness (QED) is 0.732. The lowest BCUT2D eigenvalue weighted by molar-refractivity contribution is -0.179. The molecule has 2 nitrogen and oxygen atoms in total. The number of hydrogen-bond donors (Lipinski definition) is 0. The zero-order valence-electron chi connectivity index (χ0n) is 10.0. The first-order valence-corrected chi connectivity index (χ1v) is 5.93. The number of benzene rings is 1. The van der Waals surface area contributed by atoms with Gasteiger partial charge in [0.25, 0.3) is 0 Å². The molecule has 0 bridgehead atoms. The Balaban J connectivity index is 2.08. The van der Waals surface area contributed by atoms with E-state index in [1.807, 2.05) is 6.07 Å². The minimum atomic E-state index is -4.17. The van der Waals surface area contributed by atoms with Crippen molar-refractivity contribution in [2.45, 2.75) is 19.0 Å². The summed E-state index contributed by atoms with van der Waals surface area (Å²) in [5, 5.41) is 8.63. The van der Waals surface area contributed by atoms with Gasteiger partial charge in [-0.05, 0) is 31.0 Å². The predicted molar refractivity (Wildman–Crippen MR) is 62.1 cm³/mol. The van der Waals surface area contributed by atoms with Gasteiger partial charge in [0.1, 0.15) is 5.82 Å². The summed E-state index contributed by atoms with van der Waals surface area (Å²) in [5.41, 5.74) is 0.464. The number of halogens is 4. The molecule has 1 saturated heterocycles. The van der Waals surface area contributed by atoms with Gasteiger partial charge in [0.05, 0.1) is 23.2 Å². The van der Waals surface area contributed by atoms with Crippen molar-refractivity contribution in [3.63, 3.8) is 0 Å². The van der Waals surface area contributed by atoms with E-state index >= 15 is 0 Å². The van der Waals surface area contributed by atoms with E-state index in [4.69, 9.17) is 5.26 Å². The lowest BCUT2D eigenvalue weighted by atomic mass is 9.96. The lowest BCUT2D eigenvalue weighted by Crippen LogP contribution is -2.39. The van der Waals surface area contributed by atoms with Gasteiger partial charge in [-0.2, -0.15) is 18.4 Å². The molecule has 2 rings (SSSR count). The molecule has 1 aromatic carbocycles. The van der Waals surface area contributed by atoms with Gasteiger partial charge < -0.3 is 4.90 Å². The molecule has 0 amide bonds. The van der Waals surface area contributed by atoms with Gasteiger partial charge in [-0.1, -0.05) is 0 Å². The molecule has 0 saturated carbocycles. The zero-order chi connectivity index (χ0) is 14.0. The van der Waals surface area contributed by atoms with Crippen molar-refractivity contribution in [1.29, 1.82) is 5.26 Å². The van der Waals surface area contributed by atoms with Crippen molar-refractivity contribution < 1.29 is 17.6 Å². The minimum Gasteiger partial charge on any atom is -0.369 e. The van der Waals surface area contributed by atoms with Crippen molar-refractivity contribution >= 4 is 5.69 Å². The van der Waals surface area contributed by atoms with E-state index in [-0.39, 0.29) is 37.2 Å². The molecule has 0 N–H and O–H groups in total. The Labute approximate surface area is 108 Å². The second-order valence-electron chi connectivity index (χ2n) is 4.58. The lowest BCUT2D eigenvalue weighted by Gasteiger charge is -2.34. The summed E-state index contributed by atoms with van der Waals surface area (Å²) >= 11 is 0. The Morgan fingerprint density at radius 2 is 1.84 bits per heavy atom. The molecule has 1 aromatic rings. The molecule has 6 heteroatoms. The van der Waals surface area contributed by atoms with E-state index in [1.54, 1.807) is 4.90 Å². The Morgan fingerprint density at radius 3 is 2.32 bits per heavy atom. The van der Waals surface area contributed by atoms with Crippen molar-refractivity contribution in [3.05, 3.63) is 29.6 Å². The summed E-state index contributed by atoms with van der Waals surface area (Å²) in [7, 11) is 0. The van der Waals surface area contributed by atoms with Crippen LogP contribution in [0.3, 0.4) is 0 Å². The van der Waals surface area contributed by atoms with Gasteiger partial charge in [-0.25, -0.2) is 4.39 Å². The molecule has 1 heterocycles. The highest BCUT2D eigenvalue weighted by molar-refractivity contribution is 5.51. The number of piperidine rings is 1. The molecule has 0 unspecified atom stereocenters. The maximum Gasteiger partial charge on any atom is 0.391 e. The normalized spacial score (nSPS) is 17.3. The number of nitrogens with zero attached hydrogens (tertiary/aromatic N) is 2. The second kappa shape index (κ2) is 5.08. The van der Waals surface area contributed by atoms with Crippen LogP contribution in [0, 0.1) is 23.1 Å². The largest absolute Gasteiger partial charge is 0.391 e. The van der Waals surface area contributed by atoms with Gasteiger partial charge in [-0.15, -0.1) is 0 Å². The molecule has 102 valence electrons. The summed E-state index contributed by atoms with van der Waals surface area (Å²) in [6, 6.07) is 5.83. The SMILES string of the molecule is N#Cc1ccc(N2CCC(C(F)(F)F)CC2)c(F)c1. The number of anilines is 1. The van der Waals surface area contributed by atoms with Crippen LogP contribution in [0.15, 0.2) is 18.2 Å². The number of nitriles is 1. The molecular weight excluding hydrogens is 260 g/mol. The van der Waals surface area contributed by atoms with E-state index in [0.717, 1.165) is 6.07 Å². The summed E-state index contributed by atoms with van der Waals surface area (Å²) in [6.07, 6.45) is -4.22. The Kier molecular flexibility index (Phi) is 3.65. The summed E-state index contributed by atoms with van der Waals surface area (Å²) in [5.74, 6) is -1.87. The Morgan fingerprint density at radius 1 is 1.21 bits per heavy atom. The smallest absolute Gasteiger partial charge is 0.369 e. The van der Waals surface area contributed by atoms with E-state index in [0.29, 0.717) is 0 Å². The van der Waals surface area contributed by atoms with Gasteiger partial charge in [-0.3, -0.25) is 0 Å². The first-order chi connectivity index (χ1) is 8.91. The molecule has 0 atom stereocenters. The third kappa shape index (κ3) is 2.98. The maximum atomic E-state index is 13.7. The summed E-state index contributed by atoms with van der Waals surface area (Å²) in [6.45, 7) is 0.347. The maximum absolute atomic E-state index is 13.7. The predicted octanol–water partition coefficient (Wildman–Crippen LogP) is 3.48. The van der Waals surface area contributed by atoms with Gasteiger partial charge >= 0.3 is 6.18 Å². The molecule has 0 aromatic heterocycles. The van der Waals surface area contributed by atoms with Crippen molar-refractivity contribution in [1.82, 2.24) is 0 Å².